The number of benzene rings is 2. The van der Waals surface area contributed by atoms with E-state index in [9.17, 15) is 4.79 Å². The fraction of sp³-hybridized carbons (Fsp3) is 0.182. The Balaban J connectivity index is 1.75. The molecule has 0 saturated carbocycles. The highest BCUT2D eigenvalue weighted by Crippen LogP contribution is 2.25. The first-order chi connectivity index (χ1) is 13.1. The fourth-order valence-corrected chi connectivity index (χ4v) is 3.02. The molecule has 0 aliphatic rings. The van der Waals surface area contributed by atoms with Gasteiger partial charge in [0.25, 0.3) is 5.91 Å². The Hall–Kier alpha value is -2.85. The highest BCUT2D eigenvalue weighted by molar-refractivity contribution is 6.30. The number of carbonyl (C=O) groups is 1. The molecule has 3 rings (SSSR count). The minimum absolute atomic E-state index is 0.153. The summed E-state index contributed by atoms with van der Waals surface area (Å²) in [4.78, 5) is 18.9. The van der Waals surface area contributed by atoms with E-state index in [-0.39, 0.29) is 5.91 Å². The van der Waals surface area contributed by atoms with Crippen LogP contribution in [-0.2, 0) is 6.54 Å². The average Bonchev–Trinajstić information content (AvgIpc) is 2.68. The minimum atomic E-state index is -0.153. The van der Waals surface area contributed by atoms with E-state index in [1.54, 1.807) is 12.4 Å². The van der Waals surface area contributed by atoms with Crippen molar-refractivity contribution in [2.24, 2.45) is 0 Å². The number of nitrogens with one attached hydrogen (secondary N) is 1. The molecule has 0 aliphatic heterocycles. The molecule has 0 saturated heterocycles. The third kappa shape index (κ3) is 4.86. The van der Waals surface area contributed by atoms with Crippen LogP contribution in [0.1, 0.15) is 28.4 Å². The Morgan fingerprint density at radius 2 is 1.85 bits per heavy atom. The predicted octanol–water partition coefficient (Wildman–Crippen LogP) is 5.13. The van der Waals surface area contributed by atoms with Crippen LogP contribution < -0.4 is 10.2 Å². The third-order valence-electron chi connectivity index (χ3n) is 4.29. The molecule has 27 heavy (non-hydrogen) atoms. The molecule has 0 unspecified atom stereocenters. The standard InChI is InChI=1S/C22H22ClN3O/c1-3-26(20-6-4-5-16(2)11-20)21-12-18(14-24-15-21)22(27)25-13-17-7-9-19(23)10-8-17/h4-12,14-15H,3,13H2,1-2H3,(H,25,27). The van der Waals surface area contributed by atoms with Crippen molar-refractivity contribution < 1.29 is 4.79 Å². The van der Waals surface area contributed by atoms with Crippen LogP contribution in [0.25, 0.3) is 0 Å². The van der Waals surface area contributed by atoms with Crippen LogP contribution in [0, 0.1) is 6.92 Å². The summed E-state index contributed by atoms with van der Waals surface area (Å²) >= 11 is 5.89. The van der Waals surface area contributed by atoms with Gasteiger partial charge in [0, 0.05) is 30.0 Å². The highest BCUT2D eigenvalue weighted by Gasteiger charge is 2.12. The second-order valence-corrected chi connectivity index (χ2v) is 6.76. The molecule has 3 aromatic rings. The van der Waals surface area contributed by atoms with Crippen molar-refractivity contribution in [3.63, 3.8) is 0 Å². The monoisotopic (exact) mass is 379 g/mol. The van der Waals surface area contributed by atoms with Crippen LogP contribution in [0.15, 0.2) is 67.0 Å². The molecule has 5 heteroatoms. The van der Waals surface area contributed by atoms with Crippen molar-refractivity contribution in [3.8, 4) is 0 Å². The lowest BCUT2D eigenvalue weighted by atomic mass is 10.1. The lowest BCUT2D eigenvalue weighted by Crippen LogP contribution is -2.24. The number of halogens is 1. The Kier molecular flexibility index (Phi) is 6.09. The average molecular weight is 380 g/mol. The Labute approximate surface area is 164 Å². The summed E-state index contributed by atoms with van der Waals surface area (Å²) in [7, 11) is 0. The van der Waals surface area contributed by atoms with E-state index in [0.717, 1.165) is 23.5 Å². The SMILES string of the molecule is CCN(c1cccc(C)c1)c1cncc(C(=O)NCc2ccc(Cl)cc2)c1. The van der Waals surface area contributed by atoms with Crippen LogP contribution in [0.2, 0.25) is 5.02 Å². The molecule has 138 valence electrons. The number of carbonyl (C=O) groups excluding carboxylic acids is 1. The van der Waals surface area contributed by atoms with Crippen LogP contribution in [0.4, 0.5) is 11.4 Å². The van der Waals surface area contributed by atoms with E-state index in [1.807, 2.05) is 36.4 Å². The molecule has 4 nitrogen and oxygen atoms in total. The number of anilines is 2. The molecule has 0 spiro atoms. The molecular formula is C22H22ClN3O. The predicted molar refractivity (Wildman–Crippen MR) is 111 cm³/mol. The van der Waals surface area contributed by atoms with Crippen LogP contribution in [0.5, 0.6) is 0 Å². The van der Waals surface area contributed by atoms with E-state index in [2.05, 4.69) is 47.2 Å². The molecule has 0 bridgehead atoms. The van der Waals surface area contributed by atoms with Crippen molar-refractivity contribution in [3.05, 3.63) is 88.7 Å². The summed E-state index contributed by atoms with van der Waals surface area (Å²) in [6.45, 7) is 5.36. The lowest BCUT2D eigenvalue weighted by molar-refractivity contribution is 0.0950. The summed E-state index contributed by atoms with van der Waals surface area (Å²) in [6, 6.07) is 17.6. The van der Waals surface area contributed by atoms with Gasteiger partial charge in [-0.3, -0.25) is 9.78 Å². The summed E-state index contributed by atoms with van der Waals surface area (Å²) < 4.78 is 0. The first-order valence-electron chi connectivity index (χ1n) is 8.88. The van der Waals surface area contributed by atoms with Crippen molar-refractivity contribution in [1.82, 2.24) is 10.3 Å². The highest BCUT2D eigenvalue weighted by atomic mass is 35.5. The van der Waals surface area contributed by atoms with Gasteiger partial charge < -0.3 is 10.2 Å². The number of amides is 1. The number of hydrogen-bond donors (Lipinski definition) is 1. The zero-order chi connectivity index (χ0) is 19.2. The van der Waals surface area contributed by atoms with E-state index < -0.39 is 0 Å². The van der Waals surface area contributed by atoms with Gasteiger partial charge in [0.05, 0.1) is 17.4 Å². The summed E-state index contributed by atoms with van der Waals surface area (Å²) in [5.41, 5.74) is 4.69. The Morgan fingerprint density at radius 3 is 2.56 bits per heavy atom. The second-order valence-electron chi connectivity index (χ2n) is 6.32. The molecule has 1 N–H and O–H groups in total. The van der Waals surface area contributed by atoms with Crippen molar-refractivity contribution in [1.29, 1.82) is 0 Å². The third-order valence-corrected chi connectivity index (χ3v) is 4.55. The van der Waals surface area contributed by atoms with Crippen LogP contribution in [0.3, 0.4) is 0 Å². The molecule has 0 aliphatic carbocycles. The molecule has 1 amide bonds. The molecule has 2 aromatic carbocycles. The zero-order valence-corrected chi connectivity index (χ0v) is 16.2. The van der Waals surface area contributed by atoms with E-state index in [0.29, 0.717) is 17.1 Å². The van der Waals surface area contributed by atoms with E-state index >= 15 is 0 Å². The quantitative estimate of drug-likeness (QED) is 0.645. The maximum absolute atomic E-state index is 12.5. The van der Waals surface area contributed by atoms with E-state index in [4.69, 9.17) is 11.6 Å². The molecule has 1 heterocycles. The van der Waals surface area contributed by atoms with Gasteiger partial charge >= 0.3 is 0 Å². The normalized spacial score (nSPS) is 10.5. The first kappa shape index (κ1) is 18.9. The molecule has 0 atom stereocenters. The Morgan fingerprint density at radius 1 is 1.07 bits per heavy atom. The summed E-state index contributed by atoms with van der Waals surface area (Å²) in [6.07, 6.45) is 3.37. The first-order valence-corrected chi connectivity index (χ1v) is 9.26. The zero-order valence-electron chi connectivity index (χ0n) is 15.4. The second kappa shape index (κ2) is 8.69. The number of nitrogens with zero attached hydrogens (tertiary/aromatic N) is 2. The fourth-order valence-electron chi connectivity index (χ4n) is 2.90. The maximum atomic E-state index is 12.5. The van der Waals surface area contributed by atoms with Gasteiger partial charge in [-0.2, -0.15) is 0 Å². The summed E-state index contributed by atoms with van der Waals surface area (Å²) in [5.74, 6) is -0.153. The molecule has 0 radical (unpaired) electrons. The number of aryl methyl sites for hydroxylation is 1. The van der Waals surface area contributed by atoms with Gasteiger partial charge in [-0.25, -0.2) is 0 Å². The van der Waals surface area contributed by atoms with Gasteiger partial charge in [-0.1, -0.05) is 35.9 Å². The number of rotatable bonds is 6. The van der Waals surface area contributed by atoms with Gasteiger partial charge in [-0.05, 0) is 55.3 Å². The van der Waals surface area contributed by atoms with Crippen LogP contribution >= 0.6 is 11.6 Å². The number of hydrogen-bond acceptors (Lipinski definition) is 3. The molecular weight excluding hydrogens is 358 g/mol. The number of pyridine rings is 1. The van der Waals surface area contributed by atoms with Crippen LogP contribution in [-0.4, -0.2) is 17.4 Å². The van der Waals surface area contributed by atoms with Gasteiger partial charge in [0.2, 0.25) is 0 Å². The smallest absolute Gasteiger partial charge is 0.253 e. The van der Waals surface area contributed by atoms with Crippen molar-refractivity contribution >= 4 is 28.9 Å². The topological polar surface area (TPSA) is 45.2 Å². The van der Waals surface area contributed by atoms with Crippen molar-refractivity contribution in [2.45, 2.75) is 20.4 Å². The van der Waals surface area contributed by atoms with E-state index in [1.165, 1.54) is 5.56 Å². The lowest BCUT2D eigenvalue weighted by Gasteiger charge is -2.23. The number of aromatic nitrogens is 1. The van der Waals surface area contributed by atoms with Crippen molar-refractivity contribution in [2.75, 3.05) is 11.4 Å². The molecule has 0 fully saturated rings. The largest absolute Gasteiger partial charge is 0.348 e. The maximum Gasteiger partial charge on any atom is 0.253 e. The van der Waals surface area contributed by atoms with Gasteiger partial charge in [0.15, 0.2) is 0 Å². The molecule has 1 aromatic heterocycles. The minimum Gasteiger partial charge on any atom is -0.348 e. The van der Waals surface area contributed by atoms with Gasteiger partial charge in [0.1, 0.15) is 0 Å². The summed E-state index contributed by atoms with van der Waals surface area (Å²) in [5, 5.41) is 3.61. The Bertz CT molecular complexity index is 925. The van der Waals surface area contributed by atoms with Gasteiger partial charge in [-0.15, -0.1) is 0 Å².